The van der Waals surface area contributed by atoms with E-state index in [1.54, 1.807) is 30.3 Å². The second-order valence-electron chi connectivity index (χ2n) is 3.83. The van der Waals surface area contributed by atoms with Crippen LogP contribution in [0.1, 0.15) is 11.1 Å². The maximum Gasteiger partial charge on any atom is 0.115 e. The maximum absolute atomic E-state index is 9.17. The van der Waals surface area contributed by atoms with E-state index in [1.807, 2.05) is 18.2 Å². The summed E-state index contributed by atoms with van der Waals surface area (Å²) in [6, 6.07) is 14.1. The third-order valence-electron chi connectivity index (χ3n) is 2.52. The van der Waals surface area contributed by atoms with Gasteiger partial charge in [-0.1, -0.05) is 23.7 Å². The lowest BCUT2D eigenvalue weighted by Crippen LogP contribution is -1.99. The Labute approximate surface area is 110 Å². The normalized spacial score (nSPS) is 9.78. The molecule has 0 aliphatic carbocycles. The molecule has 2 aromatic rings. The number of hydrogen-bond acceptors (Lipinski definition) is 3. The van der Waals surface area contributed by atoms with E-state index in [2.05, 4.69) is 5.32 Å². The summed E-state index contributed by atoms with van der Waals surface area (Å²) in [5, 5.41) is 21.6. The first-order valence-corrected chi connectivity index (χ1v) is 5.78. The number of phenolic OH excluding ortho intramolecular Hbond substituents is 1. The third kappa shape index (κ3) is 2.93. The molecule has 2 aromatic carbocycles. The van der Waals surface area contributed by atoms with Crippen LogP contribution in [0.15, 0.2) is 42.5 Å². The molecule has 0 aliphatic rings. The van der Waals surface area contributed by atoms with Gasteiger partial charge in [-0.2, -0.15) is 5.26 Å². The SMILES string of the molecule is N#Cc1ccc(NCc2ccc(O)cc2)c(Cl)c1. The molecule has 0 amide bonds. The van der Waals surface area contributed by atoms with Crippen LogP contribution in [0.4, 0.5) is 5.69 Å². The molecule has 3 nitrogen and oxygen atoms in total. The lowest BCUT2D eigenvalue weighted by atomic mass is 10.2. The van der Waals surface area contributed by atoms with E-state index in [0.717, 1.165) is 11.3 Å². The van der Waals surface area contributed by atoms with Gasteiger partial charge in [0.25, 0.3) is 0 Å². The van der Waals surface area contributed by atoms with Gasteiger partial charge in [0.05, 0.1) is 22.3 Å². The predicted octanol–water partition coefficient (Wildman–Crippen LogP) is 3.53. The minimum absolute atomic E-state index is 0.246. The molecule has 0 atom stereocenters. The summed E-state index contributed by atoms with van der Waals surface area (Å²) >= 11 is 6.05. The van der Waals surface area contributed by atoms with Crippen LogP contribution in [0.5, 0.6) is 5.75 Å². The number of nitriles is 1. The molecule has 0 saturated heterocycles. The Morgan fingerprint density at radius 3 is 2.50 bits per heavy atom. The Balaban J connectivity index is 2.06. The number of nitrogens with zero attached hydrogens (tertiary/aromatic N) is 1. The van der Waals surface area contributed by atoms with Crippen LogP contribution in [0.3, 0.4) is 0 Å². The second-order valence-corrected chi connectivity index (χ2v) is 4.23. The summed E-state index contributed by atoms with van der Waals surface area (Å²) in [6.07, 6.45) is 0. The summed E-state index contributed by atoms with van der Waals surface area (Å²) in [6.45, 7) is 0.603. The first-order chi connectivity index (χ1) is 8.69. The number of benzene rings is 2. The topological polar surface area (TPSA) is 56.0 Å². The Morgan fingerprint density at radius 1 is 1.17 bits per heavy atom. The molecular formula is C14H11ClN2O. The van der Waals surface area contributed by atoms with Crippen molar-refractivity contribution in [1.29, 1.82) is 5.26 Å². The van der Waals surface area contributed by atoms with E-state index in [9.17, 15) is 5.11 Å². The molecule has 18 heavy (non-hydrogen) atoms. The number of aromatic hydroxyl groups is 1. The lowest BCUT2D eigenvalue weighted by molar-refractivity contribution is 0.475. The maximum atomic E-state index is 9.17. The average molecular weight is 259 g/mol. The molecule has 4 heteroatoms. The molecule has 0 saturated carbocycles. The Morgan fingerprint density at radius 2 is 1.89 bits per heavy atom. The zero-order valence-corrected chi connectivity index (χ0v) is 10.3. The van der Waals surface area contributed by atoms with Crippen LogP contribution in [-0.2, 0) is 6.54 Å². The minimum atomic E-state index is 0.246. The summed E-state index contributed by atoms with van der Waals surface area (Å²) in [7, 11) is 0. The van der Waals surface area contributed by atoms with E-state index in [0.29, 0.717) is 17.1 Å². The Bertz CT molecular complexity index is 588. The van der Waals surface area contributed by atoms with Crippen LogP contribution in [0, 0.1) is 11.3 Å². The number of nitrogens with one attached hydrogen (secondary N) is 1. The van der Waals surface area contributed by atoms with Gasteiger partial charge < -0.3 is 10.4 Å². The van der Waals surface area contributed by atoms with Crippen molar-refractivity contribution in [1.82, 2.24) is 0 Å². The Hall–Kier alpha value is -2.18. The highest BCUT2D eigenvalue weighted by molar-refractivity contribution is 6.33. The van der Waals surface area contributed by atoms with E-state index in [4.69, 9.17) is 16.9 Å². The number of hydrogen-bond donors (Lipinski definition) is 2. The molecule has 0 fully saturated rings. The average Bonchev–Trinajstić information content (AvgIpc) is 2.39. The van der Waals surface area contributed by atoms with Gasteiger partial charge >= 0.3 is 0 Å². The number of rotatable bonds is 3. The van der Waals surface area contributed by atoms with Crippen molar-refractivity contribution >= 4 is 17.3 Å². The molecule has 0 aliphatic heterocycles. The first-order valence-electron chi connectivity index (χ1n) is 5.40. The van der Waals surface area contributed by atoms with Crippen molar-refractivity contribution in [3.63, 3.8) is 0 Å². The molecule has 0 aromatic heterocycles. The highest BCUT2D eigenvalue weighted by atomic mass is 35.5. The van der Waals surface area contributed by atoms with E-state index >= 15 is 0 Å². The van der Waals surface area contributed by atoms with Gasteiger partial charge in [-0.25, -0.2) is 0 Å². The van der Waals surface area contributed by atoms with Crippen molar-refractivity contribution < 1.29 is 5.11 Å². The predicted molar refractivity (Wildman–Crippen MR) is 71.6 cm³/mol. The second kappa shape index (κ2) is 5.44. The fourth-order valence-electron chi connectivity index (χ4n) is 1.54. The Kier molecular flexibility index (Phi) is 3.71. The molecule has 90 valence electrons. The van der Waals surface area contributed by atoms with Gasteiger partial charge in [0.2, 0.25) is 0 Å². The summed E-state index contributed by atoms with van der Waals surface area (Å²) < 4.78 is 0. The fraction of sp³-hybridized carbons (Fsp3) is 0.0714. The van der Waals surface area contributed by atoms with Crippen molar-refractivity contribution in [2.24, 2.45) is 0 Å². The van der Waals surface area contributed by atoms with Gasteiger partial charge in [0.1, 0.15) is 5.75 Å². The van der Waals surface area contributed by atoms with Crippen LogP contribution in [0.25, 0.3) is 0 Å². The van der Waals surface area contributed by atoms with E-state index < -0.39 is 0 Å². The van der Waals surface area contributed by atoms with Gasteiger partial charge in [0.15, 0.2) is 0 Å². The molecule has 0 radical (unpaired) electrons. The zero-order chi connectivity index (χ0) is 13.0. The smallest absolute Gasteiger partial charge is 0.115 e. The summed E-state index contributed by atoms with van der Waals surface area (Å²) in [5.74, 6) is 0.246. The number of halogens is 1. The molecule has 0 unspecified atom stereocenters. The quantitative estimate of drug-likeness (QED) is 0.886. The third-order valence-corrected chi connectivity index (χ3v) is 2.83. The minimum Gasteiger partial charge on any atom is -0.508 e. The van der Waals surface area contributed by atoms with Crippen molar-refractivity contribution in [3.8, 4) is 11.8 Å². The molecule has 2 rings (SSSR count). The molecule has 0 spiro atoms. The zero-order valence-electron chi connectivity index (χ0n) is 9.52. The van der Waals surface area contributed by atoms with Crippen molar-refractivity contribution in [3.05, 3.63) is 58.6 Å². The molecular weight excluding hydrogens is 248 g/mol. The number of phenols is 1. The highest BCUT2D eigenvalue weighted by Gasteiger charge is 2.01. The van der Waals surface area contributed by atoms with Crippen molar-refractivity contribution in [2.45, 2.75) is 6.54 Å². The fourth-order valence-corrected chi connectivity index (χ4v) is 1.79. The lowest BCUT2D eigenvalue weighted by Gasteiger charge is -2.08. The highest BCUT2D eigenvalue weighted by Crippen LogP contribution is 2.23. The van der Waals surface area contributed by atoms with Crippen molar-refractivity contribution in [2.75, 3.05) is 5.32 Å². The first kappa shape index (κ1) is 12.3. The molecule has 2 N–H and O–H groups in total. The standard InChI is InChI=1S/C14H11ClN2O/c15-13-7-11(8-16)3-6-14(13)17-9-10-1-4-12(18)5-2-10/h1-7,17-18H,9H2. The van der Waals surface area contributed by atoms with Crippen LogP contribution in [0.2, 0.25) is 5.02 Å². The van der Waals surface area contributed by atoms with Gasteiger partial charge in [-0.05, 0) is 35.9 Å². The number of anilines is 1. The largest absolute Gasteiger partial charge is 0.508 e. The van der Waals surface area contributed by atoms with Gasteiger partial charge in [0, 0.05) is 6.54 Å². The van der Waals surface area contributed by atoms with Crippen LogP contribution >= 0.6 is 11.6 Å². The van der Waals surface area contributed by atoms with Crippen LogP contribution < -0.4 is 5.32 Å². The summed E-state index contributed by atoms with van der Waals surface area (Å²) in [4.78, 5) is 0. The monoisotopic (exact) mass is 258 g/mol. The van der Waals surface area contributed by atoms with Gasteiger partial charge in [-0.15, -0.1) is 0 Å². The van der Waals surface area contributed by atoms with Crippen LogP contribution in [-0.4, -0.2) is 5.11 Å². The molecule has 0 bridgehead atoms. The van der Waals surface area contributed by atoms with E-state index in [1.165, 1.54) is 0 Å². The van der Waals surface area contributed by atoms with E-state index in [-0.39, 0.29) is 5.75 Å². The summed E-state index contributed by atoms with van der Waals surface area (Å²) in [5.41, 5.74) is 2.35. The molecule has 0 heterocycles. The van der Waals surface area contributed by atoms with Gasteiger partial charge in [-0.3, -0.25) is 0 Å².